The number of hydrogen-bond donors (Lipinski definition) is 3. The summed E-state index contributed by atoms with van der Waals surface area (Å²) in [4.78, 5) is 10.7. The number of carboxylic acids is 1. The summed E-state index contributed by atoms with van der Waals surface area (Å²) < 4.78 is 13.1. The first kappa shape index (κ1) is 9.92. The summed E-state index contributed by atoms with van der Waals surface area (Å²) in [5.41, 5.74) is -0.0719. The standard InChI is InChI=1S/C10H10FNO3/c11-5-3-6(8-1-2-12-8)9(13)7(4-5)10(14)15/h3-4,8,12-13H,1-2H2,(H,14,15)/t8-/m0/s1. The summed E-state index contributed by atoms with van der Waals surface area (Å²) in [6.45, 7) is 0.795. The Hall–Kier alpha value is -1.62. The largest absolute Gasteiger partial charge is 0.507 e. The van der Waals surface area contributed by atoms with Crippen LogP contribution in [0.2, 0.25) is 0 Å². The Kier molecular flexibility index (Phi) is 2.32. The number of phenols is 1. The average molecular weight is 211 g/mol. The molecule has 0 aliphatic carbocycles. The minimum atomic E-state index is -1.33. The van der Waals surface area contributed by atoms with E-state index in [4.69, 9.17) is 5.11 Å². The fraction of sp³-hybridized carbons (Fsp3) is 0.300. The summed E-state index contributed by atoms with van der Waals surface area (Å²) in [5, 5.41) is 21.3. The highest BCUT2D eigenvalue weighted by Crippen LogP contribution is 2.33. The number of hydrogen-bond acceptors (Lipinski definition) is 3. The summed E-state index contributed by atoms with van der Waals surface area (Å²) in [5.74, 6) is -2.32. The van der Waals surface area contributed by atoms with E-state index in [1.165, 1.54) is 6.07 Å². The molecule has 0 unspecified atom stereocenters. The van der Waals surface area contributed by atoms with Gasteiger partial charge < -0.3 is 15.5 Å². The van der Waals surface area contributed by atoms with E-state index in [2.05, 4.69) is 5.32 Å². The summed E-state index contributed by atoms with van der Waals surface area (Å²) >= 11 is 0. The van der Waals surface area contributed by atoms with Gasteiger partial charge in [-0.2, -0.15) is 0 Å². The zero-order chi connectivity index (χ0) is 11.0. The van der Waals surface area contributed by atoms with Crippen LogP contribution >= 0.6 is 0 Å². The molecule has 0 saturated carbocycles. The summed E-state index contributed by atoms with van der Waals surface area (Å²) in [6, 6.07) is 1.84. The normalized spacial score (nSPS) is 19.7. The van der Waals surface area contributed by atoms with Crippen molar-refractivity contribution in [3.05, 3.63) is 29.1 Å². The van der Waals surface area contributed by atoms with Gasteiger partial charge in [-0.05, 0) is 25.1 Å². The van der Waals surface area contributed by atoms with Crippen molar-refractivity contribution in [2.24, 2.45) is 0 Å². The molecule has 0 spiro atoms. The molecule has 2 rings (SSSR count). The molecule has 1 aromatic carbocycles. The minimum Gasteiger partial charge on any atom is -0.507 e. The minimum absolute atomic E-state index is 0.140. The molecule has 1 atom stereocenters. The van der Waals surface area contributed by atoms with E-state index in [0.717, 1.165) is 19.0 Å². The van der Waals surface area contributed by atoms with Crippen LogP contribution in [-0.2, 0) is 0 Å². The van der Waals surface area contributed by atoms with E-state index in [9.17, 15) is 14.3 Å². The number of benzene rings is 1. The molecule has 80 valence electrons. The van der Waals surface area contributed by atoms with Gasteiger partial charge in [0.2, 0.25) is 0 Å². The van der Waals surface area contributed by atoms with Crippen LogP contribution in [0.3, 0.4) is 0 Å². The molecular formula is C10H10FNO3. The zero-order valence-corrected chi connectivity index (χ0v) is 7.83. The van der Waals surface area contributed by atoms with Crippen LogP contribution in [-0.4, -0.2) is 22.7 Å². The first-order chi connectivity index (χ1) is 7.09. The molecular weight excluding hydrogens is 201 g/mol. The maximum absolute atomic E-state index is 13.1. The molecule has 0 bridgehead atoms. The third-order valence-electron chi connectivity index (χ3n) is 2.53. The van der Waals surface area contributed by atoms with E-state index in [1.807, 2.05) is 0 Å². The van der Waals surface area contributed by atoms with Crippen LogP contribution in [0.15, 0.2) is 12.1 Å². The van der Waals surface area contributed by atoms with Gasteiger partial charge in [0, 0.05) is 11.6 Å². The quantitative estimate of drug-likeness (QED) is 0.688. The highest BCUT2D eigenvalue weighted by Gasteiger charge is 2.25. The first-order valence-electron chi connectivity index (χ1n) is 4.58. The van der Waals surface area contributed by atoms with Gasteiger partial charge in [-0.25, -0.2) is 9.18 Å². The maximum atomic E-state index is 13.1. The van der Waals surface area contributed by atoms with Crippen molar-refractivity contribution in [3.63, 3.8) is 0 Å². The van der Waals surface area contributed by atoms with Crippen LogP contribution in [0.1, 0.15) is 28.4 Å². The van der Waals surface area contributed by atoms with Crippen molar-refractivity contribution in [2.75, 3.05) is 6.54 Å². The Bertz CT molecular complexity index is 415. The molecule has 1 heterocycles. The van der Waals surface area contributed by atoms with Gasteiger partial charge in [-0.1, -0.05) is 0 Å². The number of halogens is 1. The highest BCUT2D eigenvalue weighted by atomic mass is 19.1. The van der Waals surface area contributed by atoms with Gasteiger partial charge in [-0.15, -0.1) is 0 Å². The Morgan fingerprint density at radius 2 is 2.20 bits per heavy atom. The zero-order valence-electron chi connectivity index (χ0n) is 7.83. The fourth-order valence-corrected chi connectivity index (χ4v) is 1.60. The highest BCUT2D eigenvalue weighted by molar-refractivity contribution is 5.91. The fourth-order valence-electron chi connectivity index (χ4n) is 1.60. The van der Waals surface area contributed by atoms with Gasteiger partial charge in [0.05, 0.1) is 0 Å². The maximum Gasteiger partial charge on any atom is 0.339 e. The molecule has 0 radical (unpaired) electrons. The summed E-state index contributed by atoms with van der Waals surface area (Å²) in [6.07, 6.45) is 0.774. The molecule has 1 aromatic rings. The molecule has 1 saturated heterocycles. The first-order valence-corrected chi connectivity index (χ1v) is 4.58. The van der Waals surface area contributed by atoms with Gasteiger partial charge in [-0.3, -0.25) is 0 Å². The third-order valence-corrected chi connectivity index (χ3v) is 2.53. The van der Waals surface area contributed by atoms with Crippen molar-refractivity contribution >= 4 is 5.97 Å². The number of rotatable bonds is 2. The van der Waals surface area contributed by atoms with Crippen molar-refractivity contribution in [3.8, 4) is 5.75 Å². The molecule has 0 amide bonds. The van der Waals surface area contributed by atoms with E-state index in [-0.39, 0.29) is 11.8 Å². The molecule has 1 aliphatic rings. The third kappa shape index (κ3) is 1.66. The van der Waals surface area contributed by atoms with Crippen molar-refractivity contribution in [2.45, 2.75) is 12.5 Å². The van der Waals surface area contributed by atoms with Crippen molar-refractivity contribution in [1.29, 1.82) is 0 Å². The number of nitrogens with one attached hydrogen (secondary N) is 1. The lowest BCUT2D eigenvalue weighted by Crippen LogP contribution is -2.35. The topological polar surface area (TPSA) is 69.6 Å². The molecule has 0 aromatic heterocycles. The SMILES string of the molecule is O=C(O)c1cc(F)cc([C@@H]2CCN2)c1O. The molecule has 3 N–H and O–H groups in total. The second-order valence-corrected chi connectivity index (χ2v) is 3.49. The smallest absolute Gasteiger partial charge is 0.339 e. The number of aromatic hydroxyl groups is 1. The van der Waals surface area contributed by atoms with Crippen molar-refractivity contribution in [1.82, 2.24) is 5.32 Å². The van der Waals surface area contributed by atoms with E-state index in [0.29, 0.717) is 5.56 Å². The Labute approximate surface area is 85.4 Å². The van der Waals surface area contributed by atoms with Gasteiger partial charge in [0.15, 0.2) is 0 Å². The monoisotopic (exact) mass is 211 g/mol. The number of carboxylic acid groups (broad SMARTS) is 1. The second-order valence-electron chi connectivity index (χ2n) is 3.49. The molecule has 1 fully saturated rings. The van der Waals surface area contributed by atoms with Gasteiger partial charge >= 0.3 is 5.97 Å². The van der Waals surface area contributed by atoms with Crippen LogP contribution in [0, 0.1) is 5.82 Å². The van der Waals surface area contributed by atoms with Crippen molar-refractivity contribution < 1.29 is 19.4 Å². The van der Waals surface area contributed by atoms with E-state index >= 15 is 0 Å². The Morgan fingerprint density at radius 3 is 2.67 bits per heavy atom. The Balaban J connectivity index is 2.49. The van der Waals surface area contributed by atoms with Crippen LogP contribution in [0.5, 0.6) is 5.75 Å². The molecule has 1 aliphatic heterocycles. The van der Waals surface area contributed by atoms with Gasteiger partial charge in [0.25, 0.3) is 0 Å². The predicted octanol–water partition coefficient (Wildman–Crippen LogP) is 1.26. The summed E-state index contributed by atoms with van der Waals surface area (Å²) in [7, 11) is 0. The second kappa shape index (κ2) is 3.51. The number of aromatic carboxylic acids is 1. The Morgan fingerprint density at radius 1 is 1.53 bits per heavy atom. The molecule has 15 heavy (non-hydrogen) atoms. The average Bonchev–Trinajstić information content (AvgIpc) is 2.07. The van der Waals surface area contributed by atoms with Gasteiger partial charge in [0.1, 0.15) is 17.1 Å². The lowest BCUT2D eigenvalue weighted by Gasteiger charge is -2.28. The number of carbonyl (C=O) groups is 1. The van der Waals surface area contributed by atoms with Crippen LogP contribution < -0.4 is 5.32 Å². The lowest BCUT2D eigenvalue weighted by atomic mass is 9.95. The lowest BCUT2D eigenvalue weighted by molar-refractivity contribution is 0.0692. The van der Waals surface area contributed by atoms with Crippen LogP contribution in [0.25, 0.3) is 0 Å². The van der Waals surface area contributed by atoms with E-state index < -0.39 is 17.3 Å². The molecule has 4 nitrogen and oxygen atoms in total. The van der Waals surface area contributed by atoms with E-state index in [1.54, 1.807) is 0 Å². The van der Waals surface area contributed by atoms with Crippen LogP contribution in [0.4, 0.5) is 4.39 Å². The molecule has 5 heteroatoms. The predicted molar refractivity (Wildman–Crippen MR) is 50.4 cm³/mol.